The van der Waals surface area contributed by atoms with E-state index in [9.17, 15) is 15.0 Å². The summed E-state index contributed by atoms with van der Waals surface area (Å²) < 4.78 is 0. The molecule has 3 N–H and O–H groups in total. The summed E-state index contributed by atoms with van der Waals surface area (Å²) in [5, 5.41) is 22.8. The normalized spacial score (nSPS) is 26.0. The Morgan fingerprint density at radius 1 is 1.24 bits per heavy atom. The number of nitrogens with one attached hydrogen (secondary N) is 1. The Morgan fingerprint density at radius 2 is 2.10 bits per heavy atom. The second-order valence-corrected chi connectivity index (χ2v) is 6.02. The van der Waals surface area contributed by atoms with Crippen molar-refractivity contribution in [2.24, 2.45) is 5.92 Å². The molecule has 5 nitrogen and oxygen atoms in total. The highest BCUT2D eigenvalue weighted by atomic mass is 16.3. The first-order valence-electron chi connectivity index (χ1n) is 7.70. The van der Waals surface area contributed by atoms with Crippen LogP contribution in [-0.2, 0) is 0 Å². The van der Waals surface area contributed by atoms with Crippen molar-refractivity contribution >= 4 is 5.91 Å². The molecule has 1 amide bonds. The lowest BCUT2D eigenvalue weighted by Crippen LogP contribution is -2.45. The van der Waals surface area contributed by atoms with Gasteiger partial charge in [0.05, 0.1) is 5.56 Å². The van der Waals surface area contributed by atoms with Gasteiger partial charge in [0.25, 0.3) is 5.91 Å². The van der Waals surface area contributed by atoms with Gasteiger partial charge in [0.2, 0.25) is 0 Å². The third-order valence-corrected chi connectivity index (χ3v) is 4.65. The summed E-state index contributed by atoms with van der Waals surface area (Å²) >= 11 is 0. The second kappa shape index (κ2) is 5.93. The molecule has 2 aliphatic heterocycles. The molecule has 2 saturated heterocycles. The molecule has 5 heteroatoms. The van der Waals surface area contributed by atoms with Crippen LogP contribution in [0.1, 0.15) is 36.0 Å². The van der Waals surface area contributed by atoms with Crippen LogP contribution in [0.4, 0.5) is 0 Å². The van der Waals surface area contributed by atoms with Crippen molar-refractivity contribution in [1.29, 1.82) is 0 Å². The van der Waals surface area contributed by atoms with Gasteiger partial charge in [-0.2, -0.15) is 0 Å². The highest BCUT2D eigenvalue weighted by molar-refractivity contribution is 5.97. The molecule has 0 aromatic heterocycles. The molecule has 2 fully saturated rings. The Hall–Kier alpha value is -1.75. The quantitative estimate of drug-likeness (QED) is 0.725. The van der Waals surface area contributed by atoms with Crippen LogP contribution in [0.5, 0.6) is 11.5 Å². The number of piperidine rings is 1. The smallest absolute Gasteiger partial charge is 0.258 e. The van der Waals surface area contributed by atoms with E-state index in [1.807, 2.05) is 4.90 Å². The van der Waals surface area contributed by atoms with Crippen molar-refractivity contribution in [3.63, 3.8) is 0 Å². The number of likely N-dealkylation sites (tertiary alicyclic amines) is 1. The van der Waals surface area contributed by atoms with E-state index in [-0.39, 0.29) is 29.0 Å². The van der Waals surface area contributed by atoms with E-state index in [0.29, 0.717) is 5.92 Å². The molecule has 0 bridgehead atoms. The number of aromatic hydroxyl groups is 2. The van der Waals surface area contributed by atoms with Crippen molar-refractivity contribution in [2.45, 2.75) is 31.7 Å². The topological polar surface area (TPSA) is 72.8 Å². The summed E-state index contributed by atoms with van der Waals surface area (Å²) in [6.07, 6.45) is 4.33. The zero-order valence-electron chi connectivity index (χ0n) is 12.1. The molecular weight excluding hydrogens is 268 g/mol. The van der Waals surface area contributed by atoms with Crippen LogP contribution in [0.25, 0.3) is 0 Å². The SMILES string of the molecule is O=C(c1cc(O)ccc1O)N1CCCC1C1CCCNC1. The van der Waals surface area contributed by atoms with Crippen LogP contribution < -0.4 is 5.32 Å². The number of phenolic OH excluding ortho intramolecular Hbond substituents is 2. The van der Waals surface area contributed by atoms with Gasteiger partial charge in [-0.15, -0.1) is 0 Å². The molecule has 2 atom stereocenters. The molecular formula is C16H22N2O3. The Morgan fingerprint density at radius 3 is 2.86 bits per heavy atom. The number of nitrogens with zero attached hydrogens (tertiary/aromatic N) is 1. The van der Waals surface area contributed by atoms with Gasteiger partial charge >= 0.3 is 0 Å². The van der Waals surface area contributed by atoms with Crippen molar-refractivity contribution in [3.8, 4) is 11.5 Å². The van der Waals surface area contributed by atoms with Crippen molar-refractivity contribution in [3.05, 3.63) is 23.8 Å². The van der Waals surface area contributed by atoms with Crippen LogP contribution in [-0.4, -0.2) is 46.7 Å². The molecule has 0 spiro atoms. The number of hydrogen-bond donors (Lipinski definition) is 3. The molecule has 1 aromatic carbocycles. The predicted octanol–water partition coefficient (Wildman–Crippen LogP) is 1.70. The van der Waals surface area contributed by atoms with Gasteiger partial charge in [-0.1, -0.05) is 0 Å². The first kappa shape index (κ1) is 14.2. The van der Waals surface area contributed by atoms with E-state index >= 15 is 0 Å². The van der Waals surface area contributed by atoms with Gasteiger partial charge in [0, 0.05) is 12.6 Å². The molecule has 0 saturated carbocycles. The fraction of sp³-hybridized carbons (Fsp3) is 0.562. The maximum absolute atomic E-state index is 12.7. The first-order chi connectivity index (χ1) is 10.2. The van der Waals surface area contributed by atoms with Crippen LogP contribution in [0.15, 0.2) is 18.2 Å². The number of benzene rings is 1. The van der Waals surface area contributed by atoms with E-state index in [2.05, 4.69) is 5.32 Å². The number of phenols is 2. The third-order valence-electron chi connectivity index (χ3n) is 4.65. The summed E-state index contributed by atoms with van der Waals surface area (Å²) in [6.45, 7) is 2.75. The molecule has 2 heterocycles. The zero-order chi connectivity index (χ0) is 14.8. The largest absolute Gasteiger partial charge is 0.508 e. The molecule has 3 rings (SSSR count). The Balaban J connectivity index is 1.80. The molecule has 1 aromatic rings. The highest BCUT2D eigenvalue weighted by Gasteiger charge is 2.36. The average Bonchev–Trinajstić information content (AvgIpc) is 2.99. The lowest BCUT2D eigenvalue weighted by molar-refractivity contribution is 0.0667. The third kappa shape index (κ3) is 2.83. The number of rotatable bonds is 2. The van der Waals surface area contributed by atoms with Gasteiger partial charge in [-0.25, -0.2) is 0 Å². The predicted molar refractivity (Wildman–Crippen MR) is 79.4 cm³/mol. The monoisotopic (exact) mass is 290 g/mol. The van der Waals surface area contributed by atoms with E-state index in [1.54, 1.807) is 0 Å². The van der Waals surface area contributed by atoms with Crippen LogP contribution >= 0.6 is 0 Å². The lowest BCUT2D eigenvalue weighted by atomic mass is 9.90. The molecule has 114 valence electrons. The van der Waals surface area contributed by atoms with Gasteiger partial charge in [-0.3, -0.25) is 4.79 Å². The first-order valence-corrected chi connectivity index (χ1v) is 7.70. The Labute approximate surface area is 124 Å². The fourth-order valence-corrected chi connectivity index (χ4v) is 3.59. The molecule has 21 heavy (non-hydrogen) atoms. The van der Waals surface area contributed by atoms with E-state index in [4.69, 9.17) is 0 Å². The summed E-state index contributed by atoms with van der Waals surface area (Å²) in [7, 11) is 0. The van der Waals surface area contributed by atoms with Crippen molar-refractivity contribution in [1.82, 2.24) is 10.2 Å². The minimum absolute atomic E-state index is 0.00577. The van der Waals surface area contributed by atoms with Crippen LogP contribution in [0.3, 0.4) is 0 Å². The van der Waals surface area contributed by atoms with Gasteiger partial charge < -0.3 is 20.4 Å². The minimum Gasteiger partial charge on any atom is -0.508 e. The zero-order valence-corrected chi connectivity index (χ0v) is 12.1. The number of hydrogen-bond acceptors (Lipinski definition) is 4. The van der Waals surface area contributed by atoms with Gasteiger partial charge in [-0.05, 0) is 62.9 Å². The minimum atomic E-state index is -0.170. The standard InChI is InChI=1S/C16H22N2O3/c19-12-5-6-15(20)13(9-12)16(21)18-8-2-4-14(18)11-3-1-7-17-10-11/h5-6,9,11,14,17,19-20H,1-4,7-8,10H2. The number of carbonyl (C=O) groups excluding carboxylic acids is 1. The van der Waals surface area contributed by atoms with Gasteiger partial charge in [0.1, 0.15) is 11.5 Å². The van der Waals surface area contributed by atoms with Crippen LogP contribution in [0.2, 0.25) is 0 Å². The number of carbonyl (C=O) groups is 1. The van der Waals surface area contributed by atoms with Crippen molar-refractivity contribution < 1.29 is 15.0 Å². The molecule has 0 radical (unpaired) electrons. The highest BCUT2D eigenvalue weighted by Crippen LogP contribution is 2.32. The van der Waals surface area contributed by atoms with Crippen LogP contribution in [0, 0.1) is 5.92 Å². The lowest BCUT2D eigenvalue weighted by Gasteiger charge is -2.34. The van der Waals surface area contributed by atoms with E-state index in [1.165, 1.54) is 18.2 Å². The summed E-state index contributed by atoms with van der Waals surface area (Å²) in [5.74, 6) is 0.262. The number of amides is 1. The van der Waals surface area contributed by atoms with Crippen molar-refractivity contribution in [2.75, 3.05) is 19.6 Å². The second-order valence-electron chi connectivity index (χ2n) is 6.02. The van der Waals surface area contributed by atoms with E-state index in [0.717, 1.165) is 45.3 Å². The Kier molecular flexibility index (Phi) is 4.01. The summed E-state index contributed by atoms with van der Waals surface area (Å²) in [4.78, 5) is 14.6. The molecule has 2 aliphatic rings. The molecule has 0 aliphatic carbocycles. The van der Waals surface area contributed by atoms with Gasteiger partial charge in [0.15, 0.2) is 0 Å². The maximum Gasteiger partial charge on any atom is 0.258 e. The fourth-order valence-electron chi connectivity index (χ4n) is 3.59. The summed E-state index contributed by atoms with van der Waals surface area (Å²) in [5.41, 5.74) is 0.200. The maximum atomic E-state index is 12.7. The summed E-state index contributed by atoms with van der Waals surface area (Å²) in [6, 6.07) is 4.35. The average molecular weight is 290 g/mol. The van der Waals surface area contributed by atoms with E-state index < -0.39 is 0 Å². The Bertz CT molecular complexity index is 526. The molecule has 2 unspecified atom stereocenters.